The summed E-state index contributed by atoms with van der Waals surface area (Å²) in [5, 5.41) is 0. The Bertz CT molecular complexity index is 527. The van der Waals surface area contributed by atoms with Gasteiger partial charge in [-0.25, -0.2) is 4.98 Å². The Morgan fingerprint density at radius 2 is 2.26 bits per heavy atom. The summed E-state index contributed by atoms with van der Waals surface area (Å²) in [5.74, 6) is 1.19. The Balaban J connectivity index is 2.18. The average molecular weight is 284 g/mol. The Labute approximate surface area is 117 Å². The Hall–Kier alpha value is -1.36. The van der Waals surface area contributed by atoms with Gasteiger partial charge in [-0.15, -0.1) is 11.6 Å². The summed E-state index contributed by atoms with van der Waals surface area (Å²) in [6, 6.07) is 1.47. The summed E-state index contributed by atoms with van der Waals surface area (Å²) in [6.45, 7) is 5.55. The summed E-state index contributed by atoms with van der Waals surface area (Å²) >= 11 is 5.69. The molecule has 0 spiro atoms. The van der Waals surface area contributed by atoms with E-state index >= 15 is 0 Å². The number of nitrogens with zero attached hydrogens (tertiary/aromatic N) is 2. The van der Waals surface area contributed by atoms with Crippen molar-refractivity contribution in [2.75, 3.05) is 13.1 Å². The van der Waals surface area contributed by atoms with Crippen molar-refractivity contribution in [2.45, 2.75) is 32.1 Å². The van der Waals surface area contributed by atoms with Gasteiger partial charge in [-0.3, -0.25) is 9.59 Å². The molecule has 0 bridgehead atoms. The summed E-state index contributed by atoms with van der Waals surface area (Å²) in [6.07, 6.45) is 0.422. The zero-order valence-electron chi connectivity index (χ0n) is 11.1. The molecule has 1 fully saturated rings. The summed E-state index contributed by atoms with van der Waals surface area (Å²) in [4.78, 5) is 32.2. The first-order valence-electron chi connectivity index (χ1n) is 6.43. The van der Waals surface area contributed by atoms with E-state index in [0.717, 1.165) is 6.54 Å². The summed E-state index contributed by atoms with van der Waals surface area (Å²) in [7, 11) is 0. The SMILES string of the molecule is CC(C)CN1C[C@@H](c2cc(=O)[nH]c(CCl)n2)CC1=O. The summed E-state index contributed by atoms with van der Waals surface area (Å²) < 4.78 is 0. The van der Waals surface area contributed by atoms with Gasteiger partial charge in [-0.1, -0.05) is 13.8 Å². The first-order valence-corrected chi connectivity index (χ1v) is 6.97. The van der Waals surface area contributed by atoms with Crippen LogP contribution >= 0.6 is 11.6 Å². The van der Waals surface area contributed by atoms with Gasteiger partial charge in [-0.2, -0.15) is 0 Å². The molecule has 19 heavy (non-hydrogen) atoms. The molecule has 1 aromatic rings. The number of alkyl halides is 1. The number of likely N-dealkylation sites (tertiary alicyclic amines) is 1. The molecule has 5 nitrogen and oxygen atoms in total. The highest BCUT2D eigenvalue weighted by atomic mass is 35.5. The molecule has 1 aliphatic rings. The van der Waals surface area contributed by atoms with Crippen LogP contribution in [-0.2, 0) is 10.7 Å². The molecule has 1 N–H and O–H groups in total. The van der Waals surface area contributed by atoms with Crippen LogP contribution in [-0.4, -0.2) is 33.9 Å². The molecule has 1 aromatic heterocycles. The van der Waals surface area contributed by atoms with Crippen LogP contribution in [0.5, 0.6) is 0 Å². The van der Waals surface area contributed by atoms with Crippen LogP contribution in [0.4, 0.5) is 0 Å². The third kappa shape index (κ3) is 3.35. The molecule has 1 aliphatic heterocycles. The molecule has 2 heterocycles. The maximum atomic E-state index is 11.9. The van der Waals surface area contributed by atoms with E-state index in [1.807, 2.05) is 4.90 Å². The van der Waals surface area contributed by atoms with Gasteiger partial charge in [0.2, 0.25) is 5.91 Å². The number of carbonyl (C=O) groups excluding carboxylic acids is 1. The van der Waals surface area contributed by atoms with E-state index in [-0.39, 0.29) is 23.3 Å². The molecule has 0 aliphatic carbocycles. The van der Waals surface area contributed by atoms with E-state index < -0.39 is 0 Å². The lowest BCUT2D eigenvalue weighted by Gasteiger charge is -2.18. The number of aromatic nitrogens is 2. The van der Waals surface area contributed by atoms with Crippen LogP contribution in [0.1, 0.15) is 37.7 Å². The molecular weight excluding hydrogens is 266 g/mol. The number of aromatic amines is 1. The molecule has 6 heteroatoms. The van der Waals surface area contributed by atoms with Crippen LogP contribution < -0.4 is 5.56 Å². The van der Waals surface area contributed by atoms with Crippen LogP contribution in [0.15, 0.2) is 10.9 Å². The molecule has 2 rings (SSSR count). The van der Waals surface area contributed by atoms with Crippen LogP contribution in [0.3, 0.4) is 0 Å². The largest absolute Gasteiger partial charge is 0.342 e. The van der Waals surface area contributed by atoms with Gasteiger partial charge in [0.1, 0.15) is 5.82 Å². The molecule has 0 saturated carbocycles. The van der Waals surface area contributed by atoms with Crippen LogP contribution in [0.2, 0.25) is 0 Å². The maximum Gasteiger partial charge on any atom is 0.251 e. The molecule has 1 amide bonds. The lowest BCUT2D eigenvalue weighted by Crippen LogP contribution is -2.29. The van der Waals surface area contributed by atoms with Gasteiger partial charge >= 0.3 is 0 Å². The third-order valence-corrected chi connectivity index (χ3v) is 3.41. The second-order valence-electron chi connectivity index (χ2n) is 5.34. The molecule has 0 radical (unpaired) electrons. The van der Waals surface area contributed by atoms with Crippen molar-refractivity contribution < 1.29 is 4.79 Å². The fourth-order valence-electron chi connectivity index (χ4n) is 2.39. The highest BCUT2D eigenvalue weighted by molar-refractivity contribution is 6.16. The first kappa shape index (κ1) is 14.1. The van der Waals surface area contributed by atoms with E-state index in [1.165, 1.54) is 6.07 Å². The van der Waals surface area contributed by atoms with Crippen molar-refractivity contribution in [2.24, 2.45) is 5.92 Å². The quantitative estimate of drug-likeness (QED) is 0.851. The average Bonchev–Trinajstić information content (AvgIpc) is 2.69. The van der Waals surface area contributed by atoms with Gasteiger partial charge in [0.15, 0.2) is 0 Å². The third-order valence-electron chi connectivity index (χ3n) is 3.16. The Morgan fingerprint density at radius 1 is 1.53 bits per heavy atom. The van der Waals surface area contributed by atoms with Crippen molar-refractivity contribution in [1.29, 1.82) is 0 Å². The van der Waals surface area contributed by atoms with Gasteiger partial charge < -0.3 is 9.88 Å². The smallest absolute Gasteiger partial charge is 0.251 e. The Kier molecular flexibility index (Phi) is 4.24. The van der Waals surface area contributed by atoms with Gasteiger partial charge in [0.25, 0.3) is 5.56 Å². The van der Waals surface area contributed by atoms with E-state index in [2.05, 4.69) is 23.8 Å². The highest BCUT2D eigenvalue weighted by Gasteiger charge is 2.31. The zero-order chi connectivity index (χ0) is 14.0. The number of rotatable bonds is 4. The van der Waals surface area contributed by atoms with Crippen molar-refractivity contribution in [3.63, 3.8) is 0 Å². The predicted octanol–water partition coefficient (Wildman–Crippen LogP) is 1.48. The van der Waals surface area contributed by atoms with E-state index in [1.54, 1.807) is 0 Å². The topological polar surface area (TPSA) is 66.1 Å². The molecule has 0 unspecified atom stereocenters. The van der Waals surface area contributed by atoms with Gasteiger partial charge in [0, 0.05) is 31.5 Å². The second-order valence-corrected chi connectivity index (χ2v) is 5.61. The lowest BCUT2D eigenvalue weighted by atomic mass is 10.0. The number of carbonyl (C=O) groups is 1. The molecule has 0 aromatic carbocycles. The minimum Gasteiger partial charge on any atom is -0.342 e. The minimum atomic E-state index is -0.213. The van der Waals surface area contributed by atoms with Gasteiger partial charge in [-0.05, 0) is 5.92 Å². The van der Waals surface area contributed by atoms with Crippen molar-refractivity contribution in [1.82, 2.24) is 14.9 Å². The minimum absolute atomic E-state index is 0.00415. The first-order chi connectivity index (χ1) is 8.99. The predicted molar refractivity (Wildman–Crippen MR) is 73.2 cm³/mol. The molecular formula is C13H18ClN3O2. The monoisotopic (exact) mass is 283 g/mol. The number of amides is 1. The molecule has 1 saturated heterocycles. The molecule has 104 valence electrons. The lowest BCUT2D eigenvalue weighted by molar-refractivity contribution is -0.128. The normalized spacial score (nSPS) is 19.5. The van der Waals surface area contributed by atoms with E-state index in [9.17, 15) is 9.59 Å². The summed E-state index contributed by atoms with van der Waals surface area (Å²) in [5.41, 5.74) is 0.453. The number of halogens is 1. The molecule has 1 atom stereocenters. The Morgan fingerprint density at radius 3 is 2.89 bits per heavy atom. The van der Waals surface area contributed by atoms with E-state index in [4.69, 9.17) is 11.6 Å². The van der Waals surface area contributed by atoms with E-state index in [0.29, 0.717) is 30.4 Å². The second kappa shape index (κ2) is 5.74. The van der Waals surface area contributed by atoms with Crippen LogP contribution in [0, 0.1) is 5.92 Å². The van der Waals surface area contributed by atoms with Gasteiger partial charge in [0.05, 0.1) is 11.6 Å². The van der Waals surface area contributed by atoms with Crippen molar-refractivity contribution in [3.05, 3.63) is 27.9 Å². The maximum absolute atomic E-state index is 11.9. The fourth-order valence-corrected chi connectivity index (χ4v) is 2.52. The standard InChI is InChI=1S/C13H18ClN3O2/c1-8(2)6-17-7-9(3-13(17)19)10-4-12(18)16-11(5-14)15-10/h4,8-9H,3,5-7H2,1-2H3,(H,15,16,18)/t9-/m0/s1. The number of hydrogen-bond donors (Lipinski definition) is 1. The highest BCUT2D eigenvalue weighted by Crippen LogP contribution is 2.26. The number of hydrogen-bond acceptors (Lipinski definition) is 3. The fraction of sp³-hybridized carbons (Fsp3) is 0.615. The number of nitrogens with one attached hydrogen (secondary N) is 1. The zero-order valence-corrected chi connectivity index (χ0v) is 11.9. The van der Waals surface area contributed by atoms with Crippen LogP contribution in [0.25, 0.3) is 0 Å². The number of H-pyrrole nitrogens is 1. The van der Waals surface area contributed by atoms with Crippen molar-refractivity contribution in [3.8, 4) is 0 Å². The van der Waals surface area contributed by atoms with Crippen molar-refractivity contribution >= 4 is 17.5 Å².